The van der Waals surface area contributed by atoms with E-state index in [1.807, 2.05) is 0 Å². The maximum Gasteiger partial charge on any atom is 0.236 e. The molecule has 0 saturated heterocycles. The first kappa shape index (κ1) is 28.3. The lowest BCUT2D eigenvalue weighted by Gasteiger charge is -2.22. The number of amides is 1. The summed E-state index contributed by atoms with van der Waals surface area (Å²) < 4.78 is 0. The second kappa shape index (κ2) is 19.9. The second-order valence-electron chi connectivity index (χ2n) is 9.30. The first-order valence-corrected chi connectivity index (χ1v) is 13.1. The Bertz CT molecular complexity index is 419. The van der Waals surface area contributed by atoms with Crippen molar-refractivity contribution in [2.24, 2.45) is 11.7 Å². The molecule has 1 fully saturated rings. The summed E-state index contributed by atoms with van der Waals surface area (Å²) in [5.74, 6) is 0.780. The molecule has 0 aromatic rings. The first-order valence-electron chi connectivity index (χ1n) is 13.1. The van der Waals surface area contributed by atoms with Gasteiger partial charge in [0.05, 0.1) is 19.1 Å². The Morgan fingerprint density at radius 2 is 1.61 bits per heavy atom. The van der Waals surface area contributed by atoms with Crippen LogP contribution in [-0.2, 0) is 4.79 Å². The van der Waals surface area contributed by atoms with E-state index >= 15 is 0 Å². The molecule has 31 heavy (non-hydrogen) atoms. The first-order chi connectivity index (χ1) is 15.1. The van der Waals surface area contributed by atoms with Crippen LogP contribution in [0.2, 0.25) is 0 Å². The zero-order valence-electron chi connectivity index (χ0n) is 20.2. The molecule has 0 aliphatic heterocycles. The van der Waals surface area contributed by atoms with Crippen molar-refractivity contribution in [2.75, 3.05) is 45.8 Å². The monoisotopic (exact) mass is 441 g/mol. The molecular weight excluding hydrogens is 390 g/mol. The van der Waals surface area contributed by atoms with E-state index in [-0.39, 0.29) is 5.91 Å². The van der Waals surface area contributed by atoms with E-state index in [9.17, 15) is 10.0 Å². The van der Waals surface area contributed by atoms with Gasteiger partial charge in [-0.15, -0.1) is 0 Å². The van der Waals surface area contributed by atoms with Crippen molar-refractivity contribution >= 4 is 5.91 Å². The number of nitrogens with two attached hydrogens (primary N) is 1. The molecule has 7 nitrogen and oxygen atoms in total. The third-order valence-electron chi connectivity index (χ3n) is 6.31. The van der Waals surface area contributed by atoms with E-state index in [1.165, 1.54) is 44.9 Å². The fourth-order valence-corrected chi connectivity index (χ4v) is 4.19. The minimum absolute atomic E-state index is 0.0826. The molecule has 1 saturated carbocycles. The molecule has 1 unspecified atom stereocenters. The molecule has 0 aromatic carbocycles. The summed E-state index contributed by atoms with van der Waals surface area (Å²) in [5, 5.41) is 22.1. The Hall–Kier alpha value is -0.730. The van der Waals surface area contributed by atoms with Crippen LogP contribution in [0, 0.1) is 11.1 Å². The van der Waals surface area contributed by atoms with Gasteiger partial charge in [0.15, 0.2) is 0 Å². The Labute approximate surface area is 191 Å². The molecule has 0 bridgehead atoms. The van der Waals surface area contributed by atoms with E-state index < -0.39 is 6.04 Å². The van der Waals surface area contributed by atoms with Crippen LogP contribution in [0.5, 0.6) is 0 Å². The van der Waals surface area contributed by atoms with Crippen LogP contribution in [0.3, 0.4) is 0 Å². The predicted molar refractivity (Wildman–Crippen MR) is 130 cm³/mol. The van der Waals surface area contributed by atoms with E-state index in [0.29, 0.717) is 31.1 Å². The van der Waals surface area contributed by atoms with E-state index in [2.05, 4.69) is 22.9 Å². The normalized spacial score (nSPS) is 16.9. The summed E-state index contributed by atoms with van der Waals surface area (Å²) in [7, 11) is 0. The van der Waals surface area contributed by atoms with Gasteiger partial charge in [-0.3, -0.25) is 4.79 Å². The standard InChI is InChI=1S/C24H51N5O2/c1-2-3-15-26-16-9-10-19-29(31)20-11-18-28-24(30)23(25)14-7-8-17-27-21-22-12-5-4-6-13-22/h22-23,26-27,29H,2-21,25H2,1H3,(H,28,30)/t23-/m0/s1. The lowest BCUT2D eigenvalue weighted by Crippen LogP contribution is -3.07. The minimum Gasteiger partial charge on any atom is -0.634 e. The van der Waals surface area contributed by atoms with Crippen molar-refractivity contribution in [3.63, 3.8) is 0 Å². The fraction of sp³-hybridized carbons (Fsp3) is 0.958. The van der Waals surface area contributed by atoms with Crippen LogP contribution in [0.25, 0.3) is 0 Å². The largest absolute Gasteiger partial charge is 0.634 e. The topological polar surface area (TPSA) is 107 Å². The smallest absolute Gasteiger partial charge is 0.236 e. The third-order valence-corrected chi connectivity index (χ3v) is 6.31. The summed E-state index contributed by atoms with van der Waals surface area (Å²) in [6.45, 7) is 8.15. The zero-order chi connectivity index (χ0) is 22.6. The lowest BCUT2D eigenvalue weighted by atomic mass is 9.89. The van der Waals surface area contributed by atoms with Crippen LogP contribution < -0.4 is 26.7 Å². The number of quaternary nitrogens is 1. The molecule has 184 valence electrons. The van der Waals surface area contributed by atoms with Crippen molar-refractivity contribution in [1.29, 1.82) is 0 Å². The van der Waals surface area contributed by atoms with Gasteiger partial charge in [-0.25, -0.2) is 0 Å². The number of carbonyl (C=O) groups is 1. The van der Waals surface area contributed by atoms with Gasteiger partial charge in [0.1, 0.15) is 0 Å². The van der Waals surface area contributed by atoms with Crippen LogP contribution in [0.15, 0.2) is 0 Å². The third kappa shape index (κ3) is 16.5. The Morgan fingerprint density at radius 3 is 2.39 bits per heavy atom. The second-order valence-corrected chi connectivity index (χ2v) is 9.30. The predicted octanol–water partition coefficient (Wildman–Crippen LogP) is 1.71. The van der Waals surface area contributed by atoms with Gasteiger partial charge < -0.3 is 32.0 Å². The molecule has 1 rings (SSSR count). The SMILES string of the molecule is CCCCNCCCC[NH+]([O-])CCCNC(=O)[C@@H](N)CCCCNCC1CCCCC1. The van der Waals surface area contributed by atoms with Crippen molar-refractivity contribution in [2.45, 2.75) is 96.4 Å². The molecule has 0 spiro atoms. The van der Waals surface area contributed by atoms with Gasteiger partial charge in [0, 0.05) is 13.0 Å². The van der Waals surface area contributed by atoms with Gasteiger partial charge in [0.25, 0.3) is 0 Å². The number of hydrogen-bond donors (Lipinski definition) is 5. The highest BCUT2D eigenvalue weighted by atomic mass is 16.5. The molecular formula is C24H51N5O2. The molecule has 0 heterocycles. The van der Waals surface area contributed by atoms with Crippen LogP contribution >= 0.6 is 0 Å². The van der Waals surface area contributed by atoms with Gasteiger partial charge in [0.2, 0.25) is 5.91 Å². The summed E-state index contributed by atoms with van der Waals surface area (Å²) >= 11 is 0. The van der Waals surface area contributed by atoms with Crippen LogP contribution in [0.4, 0.5) is 0 Å². The summed E-state index contributed by atoms with van der Waals surface area (Å²) in [6.07, 6.45) is 14.8. The molecule has 1 aliphatic carbocycles. The van der Waals surface area contributed by atoms with E-state index in [0.717, 1.165) is 64.2 Å². The lowest BCUT2D eigenvalue weighted by molar-refractivity contribution is -0.848. The van der Waals surface area contributed by atoms with Crippen LogP contribution in [0.1, 0.15) is 90.4 Å². The molecule has 2 atom stereocenters. The van der Waals surface area contributed by atoms with Gasteiger partial charge >= 0.3 is 0 Å². The fourth-order valence-electron chi connectivity index (χ4n) is 4.19. The number of hydroxylamine groups is 2. The highest BCUT2D eigenvalue weighted by molar-refractivity contribution is 5.81. The molecule has 7 heteroatoms. The maximum absolute atomic E-state index is 12.1. The summed E-state index contributed by atoms with van der Waals surface area (Å²) in [6, 6.07) is -0.436. The van der Waals surface area contributed by atoms with Crippen molar-refractivity contribution < 1.29 is 9.86 Å². The quantitative estimate of drug-likeness (QED) is 0.146. The van der Waals surface area contributed by atoms with Crippen molar-refractivity contribution in [3.8, 4) is 0 Å². The Kier molecular flexibility index (Phi) is 18.2. The highest BCUT2D eigenvalue weighted by Crippen LogP contribution is 2.22. The molecule has 6 N–H and O–H groups in total. The number of hydrogen-bond acceptors (Lipinski definition) is 5. The van der Waals surface area contributed by atoms with Gasteiger partial charge in [-0.1, -0.05) is 39.0 Å². The minimum atomic E-state index is -0.436. The summed E-state index contributed by atoms with van der Waals surface area (Å²) in [5.41, 5.74) is 6.01. The number of carbonyl (C=O) groups excluding carboxylic acids is 1. The number of unbranched alkanes of at least 4 members (excludes halogenated alkanes) is 3. The van der Waals surface area contributed by atoms with Gasteiger partial charge in [-0.2, -0.15) is 0 Å². The van der Waals surface area contributed by atoms with Crippen LogP contribution in [-0.4, -0.2) is 57.8 Å². The zero-order valence-corrected chi connectivity index (χ0v) is 20.2. The maximum atomic E-state index is 12.1. The molecule has 0 aromatic heterocycles. The van der Waals surface area contributed by atoms with Crippen molar-refractivity contribution in [1.82, 2.24) is 16.0 Å². The molecule has 1 amide bonds. The average molecular weight is 442 g/mol. The number of nitrogens with one attached hydrogen (secondary N) is 4. The van der Waals surface area contributed by atoms with E-state index in [1.54, 1.807) is 0 Å². The van der Waals surface area contributed by atoms with Crippen molar-refractivity contribution in [3.05, 3.63) is 5.21 Å². The highest BCUT2D eigenvalue weighted by Gasteiger charge is 2.14. The molecule has 0 radical (unpaired) electrons. The molecule has 1 aliphatic rings. The Morgan fingerprint density at radius 1 is 0.935 bits per heavy atom. The van der Waals surface area contributed by atoms with Gasteiger partial charge in [-0.05, 0) is 77.0 Å². The summed E-state index contributed by atoms with van der Waals surface area (Å²) in [4.78, 5) is 12.1. The van der Waals surface area contributed by atoms with E-state index in [4.69, 9.17) is 5.73 Å². The average Bonchev–Trinajstić information content (AvgIpc) is 2.78. The number of rotatable bonds is 20. The Balaban J connectivity index is 1.88.